The smallest absolute Gasteiger partial charge is 0.199 e. The molecule has 0 N–H and O–H groups in total. The van der Waals surface area contributed by atoms with Crippen LogP contribution in [0.4, 0.5) is 0 Å². The Balaban J connectivity index is 2.21. The van der Waals surface area contributed by atoms with Crippen molar-refractivity contribution in [3.63, 3.8) is 0 Å². The molecule has 0 aliphatic heterocycles. The molecular formula is C12H9BrN2O2S2. The van der Waals surface area contributed by atoms with Crippen LogP contribution in [-0.2, 0) is 10.0 Å². The molecule has 98 valence electrons. The van der Waals surface area contributed by atoms with E-state index in [2.05, 4.69) is 21.0 Å². The van der Waals surface area contributed by atoms with Gasteiger partial charge in [0, 0.05) is 5.39 Å². The minimum atomic E-state index is -3.63. The molecule has 4 nitrogen and oxygen atoms in total. The normalized spacial score (nSPS) is 12.1. The van der Waals surface area contributed by atoms with E-state index in [0.717, 1.165) is 18.8 Å². The zero-order valence-electron chi connectivity index (χ0n) is 9.87. The SMILES string of the molecule is Cc1ccc(S(=O)(=O)n2ncc3cc(Br)sc32)cc1. The molecule has 0 atom stereocenters. The predicted molar refractivity (Wildman–Crippen MR) is 79.1 cm³/mol. The van der Waals surface area contributed by atoms with Crippen LogP contribution in [0, 0.1) is 6.92 Å². The van der Waals surface area contributed by atoms with E-state index in [1.165, 1.54) is 11.3 Å². The van der Waals surface area contributed by atoms with Crippen LogP contribution in [-0.4, -0.2) is 17.6 Å². The molecule has 3 aromatic rings. The summed E-state index contributed by atoms with van der Waals surface area (Å²) in [7, 11) is -3.63. The van der Waals surface area contributed by atoms with Crippen LogP contribution in [0.2, 0.25) is 0 Å². The number of halogens is 1. The zero-order valence-corrected chi connectivity index (χ0v) is 13.1. The first-order valence-corrected chi connectivity index (χ1v) is 8.49. The standard InChI is InChI=1S/C12H9BrN2O2S2/c1-8-2-4-10(5-3-8)19(16,17)15-12-9(7-14-15)6-11(13)18-12/h2-7H,1H3. The summed E-state index contributed by atoms with van der Waals surface area (Å²) in [4.78, 5) is 0.861. The summed E-state index contributed by atoms with van der Waals surface area (Å²) in [5.41, 5.74) is 1.02. The van der Waals surface area contributed by atoms with Gasteiger partial charge >= 0.3 is 0 Å². The number of rotatable bonds is 2. The Labute approximate surface area is 122 Å². The number of fused-ring (bicyclic) bond motifs is 1. The number of benzene rings is 1. The molecule has 0 amide bonds. The number of thiophene rings is 1. The first-order chi connectivity index (χ1) is 8.98. The average Bonchev–Trinajstić information content (AvgIpc) is 2.88. The first-order valence-electron chi connectivity index (χ1n) is 5.44. The van der Waals surface area contributed by atoms with Gasteiger partial charge in [0.25, 0.3) is 10.0 Å². The summed E-state index contributed by atoms with van der Waals surface area (Å²) in [6.07, 6.45) is 1.56. The highest BCUT2D eigenvalue weighted by Crippen LogP contribution is 2.31. The van der Waals surface area contributed by atoms with Crippen molar-refractivity contribution in [3.05, 3.63) is 45.9 Å². The summed E-state index contributed by atoms with van der Waals surface area (Å²) < 4.78 is 27.0. The fourth-order valence-corrected chi connectivity index (χ4v) is 4.77. The third kappa shape index (κ3) is 2.11. The number of hydrogen-bond acceptors (Lipinski definition) is 4. The van der Waals surface area contributed by atoms with Gasteiger partial charge in [-0.1, -0.05) is 17.7 Å². The van der Waals surface area contributed by atoms with Crippen LogP contribution >= 0.6 is 27.3 Å². The van der Waals surface area contributed by atoms with Crippen molar-refractivity contribution in [2.24, 2.45) is 0 Å². The van der Waals surface area contributed by atoms with Gasteiger partial charge in [-0.25, -0.2) is 0 Å². The van der Waals surface area contributed by atoms with Crippen molar-refractivity contribution < 1.29 is 8.42 Å². The zero-order chi connectivity index (χ0) is 13.6. The van der Waals surface area contributed by atoms with Gasteiger partial charge in [0.15, 0.2) is 0 Å². The lowest BCUT2D eigenvalue weighted by atomic mass is 10.2. The molecule has 0 radical (unpaired) electrons. The summed E-state index contributed by atoms with van der Waals surface area (Å²) >= 11 is 4.70. The van der Waals surface area contributed by atoms with E-state index in [0.29, 0.717) is 4.83 Å². The first kappa shape index (κ1) is 12.8. The van der Waals surface area contributed by atoms with E-state index < -0.39 is 10.0 Å². The summed E-state index contributed by atoms with van der Waals surface area (Å²) in [5.74, 6) is 0. The van der Waals surface area contributed by atoms with Gasteiger partial charge in [0.05, 0.1) is 14.9 Å². The van der Waals surface area contributed by atoms with E-state index in [9.17, 15) is 8.42 Å². The van der Waals surface area contributed by atoms with Crippen LogP contribution in [0.1, 0.15) is 5.56 Å². The Morgan fingerprint density at radius 1 is 1.26 bits per heavy atom. The fraction of sp³-hybridized carbons (Fsp3) is 0.0833. The highest BCUT2D eigenvalue weighted by Gasteiger charge is 2.21. The van der Waals surface area contributed by atoms with Gasteiger partial charge in [-0.3, -0.25) is 0 Å². The quantitative estimate of drug-likeness (QED) is 0.706. The van der Waals surface area contributed by atoms with Crippen LogP contribution < -0.4 is 0 Å². The lowest BCUT2D eigenvalue weighted by Gasteiger charge is -2.04. The maximum atomic E-state index is 12.5. The number of hydrogen-bond donors (Lipinski definition) is 0. The lowest BCUT2D eigenvalue weighted by molar-refractivity contribution is 0.582. The minimum Gasteiger partial charge on any atom is -0.199 e. The molecular weight excluding hydrogens is 348 g/mol. The molecule has 2 aromatic heterocycles. The highest BCUT2D eigenvalue weighted by atomic mass is 79.9. The molecule has 0 aliphatic rings. The molecule has 0 saturated heterocycles. The van der Waals surface area contributed by atoms with Gasteiger partial charge in [-0.2, -0.15) is 13.5 Å². The van der Waals surface area contributed by atoms with Gasteiger partial charge < -0.3 is 0 Å². The molecule has 1 aromatic carbocycles. The van der Waals surface area contributed by atoms with E-state index in [-0.39, 0.29) is 4.90 Å². The minimum absolute atomic E-state index is 0.243. The number of aryl methyl sites for hydroxylation is 1. The van der Waals surface area contributed by atoms with Crippen LogP contribution in [0.3, 0.4) is 0 Å². The Morgan fingerprint density at radius 2 is 1.95 bits per heavy atom. The van der Waals surface area contributed by atoms with Gasteiger partial charge in [0.1, 0.15) is 4.83 Å². The molecule has 0 fully saturated rings. The molecule has 0 unspecified atom stereocenters. The topological polar surface area (TPSA) is 52.0 Å². The van der Waals surface area contributed by atoms with Crippen LogP contribution in [0.15, 0.2) is 45.2 Å². The number of nitrogens with zero attached hydrogens (tertiary/aromatic N) is 2. The molecule has 2 heterocycles. The highest BCUT2D eigenvalue weighted by molar-refractivity contribution is 9.11. The third-order valence-corrected chi connectivity index (χ3v) is 6.08. The Bertz CT molecular complexity index is 848. The van der Waals surface area contributed by atoms with Gasteiger partial charge in [-0.15, -0.1) is 15.4 Å². The Morgan fingerprint density at radius 3 is 2.63 bits per heavy atom. The Hall–Kier alpha value is -1.18. The van der Waals surface area contributed by atoms with Crippen molar-refractivity contribution in [1.29, 1.82) is 0 Å². The molecule has 0 aliphatic carbocycles. The van der Waals surface area contributed by atoms with Crippen molar-refractivity contribution >= 4 is 47.5 Å². The molecule has 19 heavy (non-hydrogen) atoms. The molecule has 0 bridgehead atoms. The predicted octanol–water partition coefficient (Wildman–Crippen LogP) is 3.41. The summed E-state index contributed by atoms with van der Waals surface area (Å²) in [5, 5.41) is 4.80. The summed E-state index contributed by atoms with van der Waals surface area (Å²) in [6, 6.07) is 8.60. The fourth-order valence-electron chi connectivity index (χ4n) is 1.76. The third-order valence-electron chi connectivity index (χ3n) is 2.73. The molecule has 0 saturated carbocycles. The van der Waals surface area contributed by atoms with Crippen molar-refractivity contribution in [1.82, 2.24) is 9.19 Å². The van der Waals surface area contributed by atoms with E-state index in [1.54, 1.807) is 30.5 Å². The maximum Gasteiger partial charge on any atom is 0.284 e. The second kappa shape index (κ2) is 4.43. The van der Waals surface area contributed by atoms with Crippen molar-refractivity contribution in [3.8, 4) is 0 Å². The van der Waals surface area contributed by atoms with Crippen LogP contribution in [0.5, 0.6) is 0 Å². The largest absolute Gasteiger partial charge is 0.284 e. The van der Waals surface area contributed by atoms with E-state index in [1.807, 2.05) is 13.0 Å². The number of aromatic nitrogens is 2. The van der Waals surface area contributed by atoms with Gasteiger partial charge in [-0.05, 0) is 41.1 Å². The van der Waals surface area contributed by atoms with E-state index >= 15 is 0 Å². The van der Waals surface area contributed by atoms with E-state index in [4.69, 9.17) is 0 Å². The lowest BCUT2D eigenvalue weighted by Crippen LogP contribution is -2.13. The van der Waals surface area contributed by atoms with Crippen LogP contribution in [0.25, 0.3) is 10.2 Å². The second-order valence-electron chi connectivity index (χ2n) is 4.12. The maximum absolute atomic E-state index is 12.5. The van der Waals surface area contributed by atoms with Gasteiger partial charge in [0.2, 0.25) is 0 Å². The second-order valence-corrected chi connectivity index (χ2v) is 8.29. The van der Waals surface area contributed by atoms with Crippen molar-refractivity contribution in [2.45, 2.75) is 11.8 Å². The van der Waals surface area contributed by atoms with Crippen molar-refractivity contribution in [2.75, 3.05) is 0 Å². The molecule has 7 heteroatoms. The molecule has 3 rings (SSSR count). The monoisotopic (exact) mass is 356 g/mol. The molecule has 0 spiro atoms. The average molecular weight is 357 g/mol. The Kier molecular flexibility index (Phi) is 2.99. The summed E-state index contributed by atoms with van der Waals surface area (Å²) in [6.45, 7) is 1.92.